The highest BCUT2D eigenvalue weighted by Crippen LogP contribution is 2.29. The number of esters is 1. The number of benzene rings is 2. The van der Waals surface area contributed by atoms with Gasteiger partial charge in [-0.15, -0.1) is 0 Å². The lowest BCUT2D eigenvalue weighted by Gasteiger charge is -2.13. The van der Waals surface area contributed by atoms with E-state index in [1.807, 2.05) is 30.3 Å². The molecule has 0 aliphatic carbocycles. The number of carbonyl (C=O) groups excluding carboxylic acids is 1. The van der Waals surface area contributed by atoms with Crippen molar-refractivity contribution < 1.29 is 14.3 Å². The minimum absolute atomic E-state index is 0.257. The Labute approximate surface area is 155 Å². The van der Waals surface area contributed by atoms with Gasteiger partial charge in [-0.3, -0.25) is 5.43 Å². The van der Waals surface area contributed by atoms with Gasteiger partial charge < -0.3 is 9.47 Å². The van der Waals surface area contributed by atoms with Crippen LogP contribution in [0.15, 0.2) is 60.2 Å². The maximum absolute atomic E-state index is 11.3. The molecule has 2 rings (SSSR count). The van der Waals surface area contributed by atoms with Crippen LogP contribution in [0.3, 0.4) is 0 Å². The number of methoxy groups -OCH3 is 1. The Bertz CT molecular complexity index is 792. The zero-order chi connectivity index (χ0) is 18.2. The standard InChI is InChI=1S/C18H16Cl2N2O3/c1-12(13-6-4-3-5-7-13)11-25-16-10-14(19)8-9-15(16)21-22-17(20)18(23)24-2/h3-10,21H,1,11H2,2H3/b22-17-. The molecule has 0 heterocycles. The first-order chi connectivity index (χ1) is 12.0. The van der Waals surface area contributed by atoms with Gasteiger partial charge in [0.2, 0.25) is 5.17 Å². The Morgan fingerprint density at radius 3 is 2.64 bits per heavy atom. The van der Waals surface area contributed by atoms with Gasteiger partial charge in [-0.25, -0.2) is 4.79 Å². The zero-order valence-electron chi connectivity index (χ0n) is 13.5. The van der Waals surface area contributed by atoms with Gasteiger partial charge in [0.25, 0.3) is 0 Å². The van der Waals surface area contributed by atoms with E-state index in [9.17, 15) is 4.79 Å². The van der Waals surface area contributed by atoms with Crippen LogP contribution >= 0.6 is 23.2 Å². The van der Waals surface area contributed by atoms with Crippen molar-refractivity contribution in [3.05, 3.63) is 65.7 Å². The summed E-state index contributed by atoms with van der Waals surface area (Å²) in [6.45, 7) is 4.27. The molecule has 0 unspecified atom stereocenters. The maximum Gasteiger partial charge on any atom is 0.370 e. The van der Waals surface area contributed by atoms with Gasteiger partial charge in [-0.2, -0.15) is 5.10 Å². The minimum Gasteiger partial charge on any atom is -0.487 e. The monoisotopic (exact) mass is 378 g/mol. The fourth-order valence-corrected chi connectivity index (χ4v) is 2.15. The molecular weight excluding hydrogens is 363 g/mol. The highest BCUT2D eigenvalue weighted by atomic mass is 35.5. The van der Waals surface area contributed by atoms with Gasteiger partial charge >= 0.3 is 5.97 Å². The van der Waals surface area contributed by atoms with Crippen LogP contribution in [0.2, 0.25) is 5.02 Å². The summed E-state index contributed by atoms with van der Waals surface area (Å²) in [7, 11) is 1.21. The first-order valence-electron chi connectivity index (χ1n) is 7.24. The summed E-state index contributed by atoms with van der Waals surface area (Å²) >= 11 is 11.7. The van der Waals surface area contributed by atoms with E-state index in [2.05, 4.69) is 21.8 Å². The molecule has 0 aromatic heterocycles. The molecular formula is C18H16Cl2N2O3. The van der Waals surface area contributed by atoms with E-state index >= 15 is 0 Å². The number of anilines is 1. The Morgan fingerprint density at radius 1 is 1.24 bits per heavy atom. The van der Waals surface area contributed by atoms with Gasteiger partial charge in [0.1, 0.15) is 12.4 Å². The number of rotatable bonds is 7. The van der Waals surface area contributed by atoms with Crippen LogP contribution < -0.4 is 10.2 Å². The van der Waals surface area contributed by atoms with Crippen LogP contribution in [0, 0.1) is 0 Å². The van der Waals surface area contributed by atoms with Crippen molar-refractivity contribution in [3.8, 4) is 5.75 Å². The third-order valence-electron chi connectivity index (χ3n) is 3.16. The topological polar surface area (TPSA) is 59.9 Å². The van der Waals surface area contributed by atoms with E-state index in [0.717, 1.165) is 11.1 Å². The van der Waals surface area contributed by atoms with Crippen LogP contribution in [0.1, 0.15) is 5.56 Å². The quantitative estimate of drug-likeness (QED) is 0.435. The Kier molecular flexibility index (Phi) is 6.86. The SMILES string of the molecule is C=C(COc1cc(Cl)ccc1N/N=C(\Cl)C(=O)OC)c1ccccc1. The number of carbonyl (C=O) groups is 1. The van der Waals surface area contributed by atoms with E-state index in [1.54, 1.807) is 18.2 Å². The molecule has 0 spiro atoms. The lowest BCUT2D eigenvalue weighted by molar-refractivity contribution is -0.132. The van der Waals surface area contributed by atoms with Crippen molar-refractivity contribution in [2.75, 3.05) is 19.1 Å². The normalized spacial score (nSPS) is 10.9. The summed E-state index contributed by atoms with van der Waals surface area (Å²) in [5.41, 5.74) is 4.94. The van der Waals surface area contributed by atoms with Crippen LogP contribution in [0.25, 0.3) is 5.57 Å². The summed E-state index contributed by atoms with van der Waals surface area (Å²) in [6, 6.07) is 14.6. The van der Waals surface area contributed by atoms with Gasteiger partial charge in [-0.05, 0) is 23.3 Å². The first kappa shape index (κ1) is 18.8. The van der Waals surface area contributed by atoms with Crippen molar-refractivity contribution in [1.29, 1.82) is 0 Å². The van der Waals surface area contributed by atoms with Crippen molar-refractivity contribution in [3.63, 3.8) is 0 Å². The van der Waals surface area contributed by atoms with Crippen LogP contribution in [-0.4, -0.2) is 24.9 Å². The predicted octanol–water partition coefficient (Wildman–Crippen LogP) is 4.57. The molecule has 7 heteroatoms. The van der Waals surface area contributed by atoms with Crippen LogP contribution in [0.5, 0.6) is 5.75 Å². The average Bonchev–Trinajstić information content (AvgIpc) is 2.65. The number of hydrogen-bond acceptors (Lipinski definition) is 5. The van der Waals surface area contributed by atoms with Crippen molar-refractivity contribution in [2.45, 2.75) is 0 Å². The minimum atomic E-state index is -0.747. The first-order valence-corrected chi connectivity index (χ1v) is 8.00. The number of hydrogen-bond donors (Lipinski definition) is 1. The van der Waals surface area contributed by atoms with E-state index in [-0.39, 0.29) is 11.8 Å². The van der Waals surface area contributed by atoms with Crippen molar-refractivity contribution in [2.24, 2.45) is 5.10 Å². The van der Waals surface area contributed by atoms with E-state index < -0.39 is 5.97 Å². The van der Waals surface area contributed by atoms with Gasteiger partial charge in [0.15, 0.2) is 0 Å². The molecule has 2 aromatic rings. The van der Waals surface area contributed by atoms with Gasteiger partial charge in [0, 0.05) is 11.1 Å². The second kappa shape index (κ2) is 9.11. The highest BCUT2D eigenvalue weighted by molar-refractivity contribution is 6.82. The number of nitrogens with one attached hydrogen (secondary N) is 1. The van der Waals surface area contributed by atoms with Gasteiger partial charge in [0.05, 0.1) is 12.8 Å². The van der Waals surface area contributed by atoms with E-state index in [0.29, 0.717) is 16.5 Å². The number of nitrogens with zero attached hydrogens (tertiary/aromatic N) is 1. The predicted molar refractivity (Wildman–Crippen MR) is 101 cm³/mol. The fraction of sp³-hybridized carbons (Fsp3) is 0.111. The largest absolute Gasteiger partial charge is 0.487 e. The summed E-state index contributed by atoms with van der Waals surface area (Å²) in [5, 5.41) is 3.91. The average molecular weight is 379 g/mol. The molecule has 0 fully saturated rings. The Hall–Kier alpha value is -2.50. The number of ether oxygens (including phenoxy) is 2. The molecule has 0 radical (unpaired) electrons. The van der Waals surface area contributed by atoms with Crippen LogP contribution in [0.4, 0.5) is 5.69 Å². The molecule has 0 aliphatic heterocycles. The molecule has 130 valence electrons. The molecule has 0 saturated heterocycles. The highest BCUT2D eigenvalue weighted by Gasteiger charge is 2.10. The number of halogens is 2. The lowest BCUT2D eigenvalue weighted by Crippen LogP contribution is -2.11. The molecule has 2 aromatic carbocycles. The molecule has 1 N–H and O–H groups in total. The molecule has 0 atom stereocenters. The Balaban J connectivity index is 2.10. The smallest absolute Gasteiger partial charge is 0.370 e. The molecule has 25 heavy (non-hydrogen) atoms. The fourth-order valence-electron chi connectivity index (χ4n) is 1.87. The second-order valence-electron chi connectivity index (χ2n) is 4.90. The van der Waals surface area contributed by atoms with Crippen molar-refractivity contribution >= 4 is 45.6 Å². The Morgan fingerprint density at radius 2 is 1.96 bits per heavy atom. The molecule has 5 nitrogen and oxygen atoms in total. The zero-order valence-corrected chi connectivity index (χ0v) is 15.0. The van der Waals surface area contributed by atoms with E-state index in [4.69, 9.17) is 27.9 Å². The third kappa shape index (κ3) is 5.52. The second-order valence-corrected chi connectivity index (χ2v) is 5.70. The van der Waals surface area contributed by atoms with Crippen LogP contribution in [-0.2, 0) is 9.53 Å². The number of hydrazone groups is 1. The third-order valence-corrected chi connectivity index (χ3v) is 3.63. The molecule has 0 bridgehead atoms. The molecule has 0 amide bonds. The summed E-state index contributed by atoms with van der Waals surface area (Å²) in [4.78, 5) is 11.3. The molecule has 0 aliphatic rings. The summed E-state index contributed by atoms with van der Waals surface area (Å²) in [6.07, 6.45) is 0. The van der Waals surface area contributed by atoms with E-state index in [1.165, 1.54) is 7.11 Å². The molecule has 0 saturated carbocycles. The van der Waals surface area contributed by atoms with Crippen molar-refractivity contribution in [1.82, 2.24) is 0 Å². The van der Waals surface area contributed by atoms with Gasteiger partial charge in [-0.1, -0.05) is 60.1 Å². The maximum atomic E-state index is 11.3. The summed E-state index contributed by atoms with van der Waals surface area (Å²) < 4.78 is 10.3. The summed E-state index contributed by atoms with van der Waals surface area (Å²) in [5.74, 6) is -0.300. The lowest BCUT2D eigenvalue weighted by atomic mass is 10.1.